The summed E-state index contributed by atoms with van der Waals surface area (Å²) in [5.74, 6) is 0.00827. The number of allylic oxidation sites excluding steroid dienone is 1. The van der Waals surface area contributed by atoms with Crippen molar-refractivity contribution in [1.29, 1.82) is 0 Å². The Morgan fingerprint density at radius 1 is 0.838 bits per heavy atom. The molecule has 0 aliphatic carbocycles. The van der Waals surface area contributed by atoms with Gasteiger partial charge in [0.25, 0.3) is 0 Å². The van der Waals surface area contributed by atoms with Crippen LogP contribution in [0.25, 0.3) is 0 Å². The Bertz CT molecular complexity index is 988. The van der Waals surface area contributed by atoms with Crippen LogP contribution < -0.4 is 0 Å². The van der Waals surface area contributed by atoms with Crippen LogP contribution >= 0.6 is 0 Å². The van der Waals surface area contributed by atoms with E-state index in [2.05, 4.69) is 74.7 Å². The average Bonchev–Trinajstić information content (AvgIpc) is 2.76. The predicted molar refractivity (Wildman–Crippen MR) is 158 cm³/mol. The Labute approximate surface area is 229 Å². The third-order valence-electron chi connectivity index (χ3n) is 8.25. The van der Waals surface area contributed by atoms with Crippen LogP contribution in [-0.2, 0) is 28.2 Å². The minimum Gasteiger partial charge on any atom is -0.546 e. The zero-order chi connectivity index (χ0) is 29.0. The third kappa shape index (κ3) is 8.76. The number of methoxy groups -OCH3 is 2. The first-order chi connectivity index (χ1) is 16.6. The van der Waals surface area contributed by atoms with Crippen molar-refractivity contribution in [3.8, 4) is 0 Å². The first kappa shape index (κ1) is 34.1. The summed E-state index contributed by atoms with van der Waals surface area (Å²) in [5, 5.41) is 1.19. The van der Waals surface area contributed by atoms with E-state index in [0.717, 1.165) is 0 Å². The van der Waals surface area contributed by atoms with E-state index in [4.69, 9.17) is 18.3 Å². The lowest BCUT2D eigenvalue weighted by Crippen LogP contribution is -2.51. The zero-order valence-corrected chi connectivity index (χ0v) is 28.4. The molecule has 9 heteroatoms. The fraction of sp³-hybridized carbons (Fsp3) is 0.714. The van der Waals surface area contributed by atoms with Gasteiger partial charge in [0, 0.05) is 20.1 Å². The van der Waals surface area contributed by atoms with Crippen LogP contribution in [0.3, 0.4) is 0 Å². The highest BCUT2D eigenvalue weighted by atomic mass is 32.2. The Kier molecular flexibility index (Phi) is 11.5. The van der Waals surface area contributed by atoms with E-state index < -0.39 is 38.9 Å². The minimum atomic E-state index is -3.73. The van der Waals surface area contributed by atoms with Crippen LogP contribution in [0.15, 0.2) is 46.4 Å². The second-order valence-electron chi connectivity index (χ2n) is 13.1. The molecule has 0 amide bonds. The van der Waals surface area contributed by atoms with Crippen LogP contribution in [0.5, 0.6) is 0 Å². The molecule has 0 bridgehead atoms. The molecule has 0 fully saturated rings. The molecule has 0 unspecified atom stereocenters. The van der Waals surface area contributed by atoms with Crippen LogP contribution in [-0.4, -0.2) is 51.7 Å². The maximum Gasteiger partial charge on any atom is 0.250 e. The highest BCUT2D eigenvalue weighted by Crippen LogP contribution is 2.43. The Hall–Kier alpha value is -0.976. The summed E-state index contributed by atoms with van der Waals surface area (Å²) in [6.07, 6.45) is -1.02. The SMILES string of the molecule is COC(OC)[C@H](O[Si](C)(C)C(C)(C)C)[C@H](C)[C@@H](C)/C(=C\S(=O)(=O)c1ccccc1)O[Si](C)(C)C(C)(C)C. The van der Waals surface area contributed by atoms with Gasteiger partial charge in [0.05, 0.1) is 22.2 Å². The van der Waals surface area contributed by atoms with Gasteiger partial charge in [-0.1, -0.05) is 73.6 Å². The molecule has 0 radical (unpaired) electrons. The highest BCUT2D eigenvalue weighted by Gasteiger charge is 2.45. The second-order valence-corrected chi connectivity index (χ2v) is 24.3. The van der Waals surface area contributed by atoms with Gasteiger partial charge >= 0.3 is 0 Å². The van der Waals surface area contributed by atoms with Crippen LogP contribution in [0.1, 0.15) is 55.4 Å². The summed E-state index contributed by atoms with van der Waals surface area (Å²) in [7, 11) is -5.09. The number of rotatable bonds is 12. The van der Waals surface area contributed by atoms with Gasteiger partial charge in [0.15, 0.2) is 14.6 Å². The van der Waals surface area contributed by atoms with Crippen molar-refractivity contribution in [3.05, 3.63) is 41.5 Å². The summed E-state index contributed by atoms with van der Waals surface area (Å²) in [6.45, 7) is 25.7. The van der Waals surface area contributed by atoms with Gasteiger partial charge in [0.1, 0.15) is 0 Å². The number of hydrogen-bond acceptors (Lipinski definition) is 6. The van der Waals surface area contributed by atoms with E-state index in [1.165, 1.54) is 5.41 Å². The molecule has 1 aromatic rings. The molecule has 0 spiro atoms. The van der Waals surface area contributed by atoms with E-state index in [1.807, 2.05) is 6.92 Å². The van der Waals surface area contributed by atoms with E-state index >= 15 is 0 Å². The predicted octanol–water partition coefficient (Wildman–Crippen LogP) is 7.61. The van der Waals surface area contributed by atoms with Gasteiger partial charge in [-0.3, -0.25) is 0 Å². The first-order valence-corrected chi connectivity index (χ1v) is 20.4. The molecule has 1 rings (SSSR count). The molecule has 0 aromatic heterocycles. The third-order valence-corrected chi connectivity index (χ3v) is 18.6. The maximum atomic E-state index is 13.5. The smallest absolute Gasteiger partial charge is 0.250 e. The van der Waals surface area contributed by atoms with Gasteiger partial charge in [-0.05, 0) is 54.3 Å². The summed E-state index contributed by atoms with van der Waals surface area (Å²) >= 11 is 0. The quantitative estimate of drug-likeness (QED) is 0.146. The molecule has 0 N–H and O–H groups in total. The van der Waals surface area contributed by atoms with E-state index in [-0.39, 0.29) is 26.8 Å². The van der Waals surface area contributed by atoms with Gasteiger partial charge in [0.2, 0.25) is 18.2 Å². The lowest BCUT2D eigenvalue weighted by atomic mass is 9.89. The van der Waals surface area contributed by atoms with Crippen molar-refractivity contribution in [1.82, 2.24) is 0 Å². The van der Waals surface area contributed by atoms with Gasteiger partial charge < -0.3 is 18.3 Å². The molecule has 1 aromatic carbocycles. The maximum absolute atomic E-state index is 13.5. The van der Waals surface area contributed by atoms with Gasteiger partial charge in [-0.15, -0.1) is 0 Å². The normalized spacial score (nSPS) is 17.0. The molecular weight excluding hydrogens is 521 g/mol. The van der Waals surface area contributed by atoms with Crippen LogP contribution in [0.2, 0.25) is 36.3 Å². The summed E-state index contributed by atoms with van der Waals surface area (Å²) < 4.78 is 51.9. The van der Waals surface area contributed by atoms with Crippen molar-refractivity contribution in [2.45, 2.75) is 109 Å². The number of hydrogen-bond donors (Lipinski definition) is 0. The standard InChI is InChI=1S/C28H52O6SSi2/c1-21(22(2)25(26(31-9)32-10)34-37(13,14)28(6,7)8)24(33-36(11,12)27(3,4)5)20-35(29,30)23-18-16-15-17-19-23/h15-22,25-26H,1-14H3/b24-20+/t21-,22-,25-/m1/s1. The van der Waals surface area contributed by atoms with Gasteiger partial charge in [-0.2, -0.15) is 0 Å². The van der Waals surface area contributed by atoms with Crippen molar-refractivity contribution >= 4 is 26.5 Å². The highest BCUT2D eigenvalue weighted by molar-refractivity contribution is 7.94. The van der Waals surface area contributed by atoms with Crippen molar-refractivity contribution < 1.29 is 26.7 Å². The molecule has 0 heterocycles. The summed E-state index contributed by atoms with van der Waals surface area (Å²) in [4.78, 5) is 0.243. The number of sulfone groups is 1. The lowest BCUT2D eigenvalue weighted by Gasteiger charge is -2.44. The van der Waals surface area contributed by atoms with Crippen LogP contribution in [0.4, 0.5) is 0 Å². The molecule has 0 aliphatic rings. The fourth-order valence-corrected chi connectivity index (χ4v) is 7.17. The molecule has 0 aliphatic heterocycles. The first-order valence-electron chi connectivity index (χ1n) is 13.1. The minimum absolute atomic E-state index is 0.0206. The van der Waals surface area contributed by atoms with E-state index in [0.29, 0.717) is 5.76 Å². The van der Waals surface area contributed by atoms with Gasteiger partial charge in [-0.25, -0.2) is 8.42 Å². The lowest BCUT2D eigenvalue weighted by molar-refractivity contribution is -0.175. The monoisotopic (exact) mass is 572 g/mol. The van der Waals surface area contributed by atoms with Crippen molar-refractivity contribution in [2.24, 2.45) is 11.8 Å². The van der Waals surface area contributed by atoms with E-state index in [1.54, 1.807) is 44.6 Å². The number of benzene rings is 1. The largest absolute Gasteiger partial charge is 0.546 e. The summed E-state index contributed by atoms with van der Waals surface area (Å²) in [6, 6.07) is 8.48. The van der Waals surface area contributed by atoms with Crippen molar-refractivity contribution in [2.75, 3.05) is 14.2 Å². The Morgan fingerprint density at radius 3 is 1.70 bits per heavy atom. The molecule has 6 nitrogen and oxygen atoms in total. The summed E-state index contributed by atoms with van der Waals surface area (Å²) in [5.41, 5.74) is 0. The molecular formula is C28H52O6SSi2. The fourth-order valence-electron chi connectivity index (χ4n) is 3.34. The molecule has 214 valence electrons. The topological polar surface area (TPSA) is 71.1 Å². The molecule has 0 saturated carbocycles. The zero-order valence-electron chi connectivity index (χ0n) is 25.6. The average molecular weight is 573 g/mol. The Morgan fingerprint density at radius 2 is 1.30 bits per heavy atom. The van der Waals surface area contributed by atoms with E-state index in [9.17, 15) is 8.42 Å². The van der Waals surface area contributed by atoms with Crippen LogP contribution in [0, 0.1) is 11.8 Å². The Balaban J connectivity index is 3.66. The molecule has 0 saturated heterocycles. The molecule has 3 atom stereocenters. The molecule has 37 heavy (non-hydrogen) atoms. The number of ether oxygens (including phenoxy) is 2. The van der Waals surface area contributed by atoms with Crippen molar-refractivity contribution in [3.63, 3.8) is 0 Å². The second kappa shape index (κ2) is 12.5.